The van der Waals surface area contributed by atoms with Crippen LogP contribution >= 0.6 is 0 Å². The number of nitrogens with zero attached hydrogens (tertiary/aromatic N) is 3. The second-order valence-electron chi connectivity index (χ2n) is 37.2. The number of hydrogen-bond donors (Lipinski definition) is 0. The molecule has 0 N–H and O–H groups in total. The number of pyridine rings is 3. The molecule has 28 rings (SSSR count). The zero-order chi connectivity index (χ0) is 96.0. The van der Waals surface area contributed by atoms with Gasteiger partial charge >= 0.3 is 0 Å². The van der Waals surface area contributed by atoms with Gasteiger partial charge in [-0.25, -0.2) is 15.0 Å². The van der Waals surface area contributed by atoms with Crippen LogP contribution in [0.5, 0.6) is 0 Å². The molecule has 0 aliphatic rings. The molecule has 145 heavy (non-hydrogen) atoms. The highest BCUT2D eigenvalue weighted by Gasteiger charge is 2.21. The molecule has 678 valence electrons. The van der Waals surface area contributed by atoms with E-state index in [2.05, 4.69) is 467 Å². The first-order valence-corrected chi connectivity index (χ1v) is 49.3. The highest BCUT2D eigenvalue weighted by atomic mass is 16.3. The molecular weight excluding hydrogens is 1760 g/mol. The predicted molar refractivity (Wildman–Crippen MR) is 606 cm³/mol. The summed E-state index contributed by atoms with van der Waals surface area (Å²) in [6, 6.07) is 191. The summed E-state index contributed by atoms with van der Waals surface area (Å²) in [6.07, 6.45) is 0. The van der Waals surface area contributed by atoms with E-state index in [1.807, 2.05) is 72.8 Å². The maximum atomic E-state index is 6.07. The van der Waals surface area contributed by atoms with Crippen molar-refractivity contribution in [3.63, 3.8) is 0 Å². The molecule has 6 aromatic heterocycles. The Morgan fingerprint density at radius 1 is 0.103 bits per heavy atom. The molecule has 0 aliphatic carbocycles. The van der Waals surface area contributed by atoms with Crippen LogP contribution in [0.15, 0.2) is 553 Å². The largest absolute Gasteiger partial charge is 0.456 e. The summed E-state index contributed by atoms with van der Waals surface area (Å²) < 4.78 is 18.2. The molecular formula is C139H89N3O3. The number of aromatic nitrogens is 3. The van der Waals surface area contributed by atoms with Crippen LogP contribution in [0, 0.1) is 0 Å². The van der Waals surface area contributed by atoms with Crippen LogP contribution in [-0.4, -0.2) is 15.0 Å². The van der Waals surface area contributed by atoms with Crippen molar-refractivity contribution in [1.29, 1.82) is 0 Å². The van der Waals surface area contributed by atoms with Gasteiger partial charge in [-0.3, -0.25) is 0 Å². The SMILES string of the molecule is c1ccc(-c2cc(-c3ccc(-c4ccc(-c5ccc6oc7ccccc7c6c5)cc4)c4ccccc34)cc(-c3ccccc3)n2)cc1.c1ccc(-c2cc(-c3ccc(-c4ccc5c(ccc6cc(-c7ccc8oc9ccccc9c8c7)ccc65)c4)cc3)cc(-c3ccccc3)n2)cc1.c1ccc(-c2cc(-c3ccc4cc(-c5cccc(-c6ccc7oc8ccccc8c7c6)c5)ccc4c3)cc(-c3ccccc3)n2)cc1. The first kappa shape index (κ1) is 86.1. The normalized spacial score (nSPS) is 11.4. The van der Waals surface area contributed by atoms with Crippen molar-refractivity contribution in [2.75, 3.05) is 0 Å². The Hall–Kier alpha value is -19.3. The first-order chi connectivity index (χ1) is 71.8. The Morgan fingerprint density at radius 3 is 0.683 bits per heavy atom. The molecule has 0 atom stereocenters. The zero-order valence-electron chi connectivity index (χ0n) is 79.0. The van der Waals surface area contributed by atoms with Crippen molar-refractivity contribution >= 4 is 109 Å². The lowest BCUT2D eigenvalue weighted by atomic mass is 9.90. The lowest BCUT2D eigenvalue weighted by Crippen LogP contribution is -1.92. The molecule has 0 bridgehead atoms. The van der Waals surface area contributed by atoms with E-state index in [9.17, 15) is 0 Å². The van der Waals surface area contributed by atoms with Gasteiger partial charge in [0.2, 0.25) is 0 Å². The van der Waals surface area contributed by atoms with Crippen LogP contribution in [0.2, 0.25) is 0 Å². The average Bonchev–Trinajstić information content (AvgIpc) is 0.882. The Balaban J connectivity index is 0.000000111. The second-order valence-corrected chi connectivity index (χ2v) is 37.2. The first-order valence-electron chi connectivity index (χ1n) is 49.3. The average molecular weight is 1850 g/mol. The molecule has 0 saturated carbocycles. The van der Waals surface area contributed by atoms with E-state index in [0.717, 1.165) is 150 Å². The van der Waals surface area contributed by atoms with Gasteiger partial charge in [-0.2, -0.15) is 0 Å². The van der Waals surface area contributed by atoms with E-state index in [1.54, 1.807) is 0 Å². The zero-order valence-corrected chi connectivity index (χ0v) is 79.0. The molecule has 0 fully saturated rings. The van der Waals surface area contributed by atoms with Gasteiger partial charge in [0.1, 0.15) is 33.5 Å². The molecule has 6 nitrogen and oxygen atoms in total. The summed E-state index contributed by atoms with van der Waals surface area (Å²) in [7, 11) is 0. The summed E-state index contributed by atoms with van der Waals surface area (Å²) in [4.78, 5) is 15.2. The molecule has 0 amide bonds. The van der Waals surface area contributed by atoms with Crippen LogP contribution in [0.4, 0.5) is 0 Å². The number of benzene rings is 22. The minimum atomic E-state index is 0.916. The Labute approximate surface area is 838 Å². The maximum Gasteiger partial charge on any atom is 0.135 e. The van der Waals surface area contributed by atoms with E-state index in [4.69, 9.17) is 28.2 Å². The molecule has 6 heteroatoms. The number of furan rings is 3. The molecule has 28 aromatic rings. The minimum absolute atomic E-state index is 0.916. The van der Waals surface area contributed by atoms with Crippen molar-refractivity contribution in [2.45, 2.75) is 0 Å². The summed E-state index contributed by atoms with van der Waals surface area (Å²) >= 11 is 0. The number of para-hydroxylation sites is 3. The Bertz CT molecular complexity index is 9610. The van der Waals surface area contributed by atoms with E-state index in [0.29, 0.717) is 0 Å². The minimum Gasteiger partial charge on any atom is -0.456 e. The molecule has 6 heterocycles. The highest BCUT2D eigenvalue weighted by Crippen LogP contribution is 2.45. The Kier molecular flexibility index (Phi) is 22.3. The van der Waals surface area contributed by atoms with Crippen molar-refractivity contribution in [1.82, 2.24) is 15.0 Å². The maximum absolute atomic E-state index is 6.07. The van der Waals surface area contributed by atoms with E-state index < -0.39 is 0 Å². The van der Waals surface area contributed by atoms with Gasteiger partial charge in [-0.05, 0) is 265 Å². The van der Waals surface area contributed by atoms with Gasteiger partial charge in [0, 0.05) is 65.7 Å². The third-order valence-corrected chi connectivity index (χ3v) is 28.2. The molecule has 0 radical (unpaired) electrons. The van der Waals surface area contributed by atoms with Crippen molar-refractivity contribution < 1.29 is 13.3 Å². The van der Waals surface area contributed by atoms with E-state index in [1.165, 1.54) is 127 Å². The van der Waals surface area contributed by atoms with Crippen molar-refractivity contribution in [3.8, 4) is 168 Å². The van der Waals surface area contributed by atoms with Crippen molar-refractivity contribution in [3.05, 3.63) is 540 Å². The number of hydrogen-bond acceptors (Lipinski definition) is 6. The molecule has 22 aromatic carbocycles. The fourth-order valence-electron chi connectivity index (χ4n) is 20.8. The summed E-state index contributed by atoms with van der Waals surface area (Å²) in [5, 5.41) is 16.7. The van der Waals surface area contributed by atoms with Gasteiger partial charge in [-0.1, -0.05) is 419 Å². The second kappa shape index (κ2) is 37.5. The quantitative estimate of drug-likeness (QED) is 0.0952. The van der Waals surface area contributed by atoms with Crippen LogP contribution < -0.4 is 0 Å². The van der Waals surface area contributed by atoms with Gasteiger partial charge in [0.15, 0.2) is 0 Å². The third-order valence-electron chi connectivity index (χ3n) is 28.2. The van der Waals surface area contributed by atoms with Gasteiger partial charge in [0.25, 0.3) is 0 Å². The van der Waals surface area contributed by atoms with Crippen molar-refractivity contribution in [2.24, 2.45) is 0 Å². The van der Waals surface area contributed by atoms with Gasteiger partial charge in [-0.15, -0.1) is 0 Å². The summed E-state index contributed by atoms with van der Waals surface area (Å²) in [5.74, 6) is 0. The number of rotatable bonds is 15. The smallest absolute Gasteiger partial charge is 0.135 e. The molecule has 0 unspecified atom stereocenters. The monoisotopic (exact) mass is 1850 g/mol. The summed E-state index contributed by atoms with van der Waals surface area (Å²) in [6.45, 7) is 0. The fourth-order valence-corrected chi connectivity index (χ4v) is 20.8. The predicted octanol–water partition coefficient (Wildman–Crippen LogP) is 38.6. The van der Waals surface area contributed by atoms with E-state index in [-0.39, 0.29) is 0 Å². The number of fused-ring (bicyclic) bond motifs is 14. The summed E-state index contributed by atoms with van der Waals surface area (Å²) in [5.41, 5.74) is 39.3. The Morgan fingerprint density at radius 2 is 0.324 bits per heavy atom. The van der Waals surface area contributed by atoms with Crippen LogP contribution in [0.3, 0.4) is 0 Å². The third kappa shape index (κ3) is 17.1. The topological polar surface area (TPSA) is 78.1 Å². The van der Waals surface area contributed by atoms with Crippen LogP contribution in [0.25, 0.3) is 277 Å². The van der Waals surface area contributed by atoms with Gasteiger partial charge < -0.3 is 13.3 Å². The fraction of sp³-hybridized carbons (Fsp3) is 0. The lowest BCUT2D eigenvalue weighted by Gasteiger charge is -2.15. The standard InChI is InChI=1S/C49H31NO.2C45H29NO/c1-3-9-34(10-4-1)46-30-41(31-47(50-46)35-11-5-2-6-12-35)33-17-15-32(16-18-33)36-21-24-42-39(27-36)19-20-40-28-37(22-25-43(40)42)38-23-26-49-45(29-38)44-13-7-8-14-48(44)51-49;1-3-11-32(12-4-1)42-28-35(29-43(46-42)33-13-5-2-6-14-33)37-25-24-36(38-15-7-8-16-39(37)38)31-21-19-30(20-22-31)34-23-26-45-41(27-34)40-17-9-10-18-44(40)47-45;1-3-10-30(11-4-1)42-28-39(29-43(46-42)31-12-5-2-6-13-31)37-21-20-35-25-34(18-19-36(35)26-37)32-14-9-15-33(24-32)38-22-23-45-41(27-38)40-16-7-8-17-44(40)47-45/h1-31H;2*1-29H. The van der Waals surface area contributed by atoms with Crippen LogP contribution in [-0.2, 0) is 0 Å². The molecule has 0 spiro atoms. The van der Waals surface area contributed by atoms with Gasteiger partial charge in [0.05, 0.1) is 34.2 Å². The lowest BCUT2D eigenvalue weighted by molar-refractivity contribution is 0.668. The molecule has 0 saturated heterocycles. The van der Waals surface area contributed by atoms with E-state index >= 15 is 0 Å². The highest BCUT2D eigenvalue weighted by molar-refractivity contribution is 6.13. The van der Waals surface area contributed by atoms with Crippen LogP contribution in [0.1, 0.15) is 0 Å². The molecule has 0 aliphatic heterocycles.